The van der Waals surface area contributed by atoms with Crippen LogP contribution in [0.2, 0.25) is 0 Å². The summed E-state index contributed by atoms with van der Waals surface area (Å²) in [6, 6.07) is -0.213. The van der Waals surface area contributed by atoms with Crippen LogP contribution in [0.5, 0.6) is 0 Å². The summed E-state index contributed by atoms with van der Waals surface area (Å²) in [5.41, 5.74) is 0.588. The van der Waals surface area contributed by atoms with Gasteiger partial charge >= 0.3 is 11.4 Å². The second kappa shape index (κ2) is 7.54. The minimum absolute atomic E-state index is 0.0106. The minimum Gasteiger partial charge on any atom is -0.393 e. The van der Waals surface area contributed by atoms with Gasteiger partial charge in [0.1, 0.15) is 6.29 Å². The van der Waals surface area contributed by atoms with E-state index in [0.29, 0.717) is 11.8 Å². The van der Waals surface area contributed by atoms with Crippen LogP contribution in [-0.2, 0) is 17.4 Å². The second-order valence-corrected chi connectivity index (χ2v) is 16.4. The van der Waals surface area contributed by atoms with E-state index in [1.54, 1.807) is 7.05 Å². The molecular formula is C33H49N3O4. The molecule has 1 aromatic rings. The number of allylic oxidation sites excluding steroid dienone is 2. The van der Waals surface area contributed by atoms with Gasteiger partial charge < -0.3 is 9.90 Å². The number of nitrogens with zero attached hydrogens (tertiary/aromatic N) is 3. The summed E-state index contributed by atoms with van der Waals surface area (Å²) in [6.45, 7) is 16.3. The maximum Gasteiger partial charge on any atom is 0.347 e. The van der Waals surface area contributed by atoms with Crippen LogP contribution in [0.25, 0.3) is 0 Å². The Morgan fingerprint density at radius 2 is 1.57 bits per heavy atom. The molecule has 4 saturated carbocycles. The van der Waals surface area contributed by atoms with Crippen LogP contribution in [-0.4, -0.2) is 31.4 Å². The SMILES string of the molecule is CC(C)[C@@]12CC[C@]3(C=O)CC[C@]4(C)C(=C31)C(C[C@@H]1[C@@]3(C)CC[C@H](O)C(C)(C)[C@@H]3CC[C@]14C)n1c(=O)n(C)c(=O)n12. The predicted octanol–water partition coefficient (Wildman–Crippen LogP) is 4.95. The third-order valence-electron chi connectivity index (χ3n) is 14.9. The number of aldehydes is 1. The van der Waals surface area contributed by atoms with Crippen LogP contribution in [0.3, 0.4) is 0 Å². The van der Waals surface area contributed by atoms with Gasteiger partial charge in [0.15, 0.2) is 0 Å². The Balaban J connectivity index is 1.56. The maximum absolute atomic E-state index is 14.0. The van der Waals surface area contributed by atoms with Crippen molar-refractivity contribution >= 4 is 6.29 Å². The van der Waals surface area contributed by atoms with Gasteiger partial charge in [0, 0.05) is 12.5 Å². The molecule has 2 heterocycles. The lowest BCUT2D eigenvalue weighted by atomic mass is 9.33. The lowest BCUT2D eigenvalue weighted by Gasteiger charge is -2.72. The number of aliphatic hydroxyl groups is 1. The number of carbonyl (C=O) groups is 1. The zero-order valence-corrected chi connectivity index (χ0v) is 25.8. The van der Waals surface area contributed by atoms with E-state index in [0.717, 1.165) is 57.8 Å². The molecule has 1 unspecified atom stereocenters. The van der Waals surface area contributed by atoms with Gasteiger partial charge in [-0.05, 0) is 108 Å². The van der Waals surface area contributed by atoms with Crippen molar-refractivity contribution in [3.8, 4) is 0 Å². The molecule has 9 atom stereocenters. The summed E-state index contributed by atoms with van der Waals surface area (Å²) in [4.78, 5) is 41.1. The first-order valence-corrected chi connectivity index (χ1v) is 15.9. The van der Waals surface area contributed by atoms with Crippen molar-refractivity contribution < 1.29 is 9.90 Å². The molecule has 0 aromatic carbocycles. The third-order valence-corrected chi connectivity index (χ3v) is 14.9. The highest BCUT2D eigenvalue weighted by molar-refractivity contribution is 5.71. The van der Waals surface area contributed by atoms with E-state index in [2.05, 4.69) is 48.5 Å². The molecule has 6 aliphatic rings. The first-order valence-electron chi connectivity index (χ1n) is 15.9. The summed E-state index contributed by atoms with van der Waals surface area (Å²) in [5, 5.41) is 11.1. The molecule has 7 rings (SSSR count). The summed E-state index contributed by atoms with van der Waals surface area (Å²) in [6.07, 6.45) is 8.96. The molecule has 5 aliphatic carbocycles. The average molecular weight is 552 g/mol. The van der Waals surface area contributed by atoms with E-state index in [-0.39, 0.29) is 51.1 Å². The molecule has 0 amide bonds. The molecule has 1 aliphatic heterocycles. The van der Waals surface area contributed by atoms with Crippen molar-refractivity contribution in [1.29, 1.82) is 0 Å². The molecule has 4 fully saturated rings. The Kier molecular flexibility index (Phi) is 5.08. The average Bonchev–Trinajstić information content (AvgIpc) is 3.37. The van der Waals surface area contributed by atoms with Crippen molar-refractivity contribution in [1.82, 2.24) is 13.9 Å². The molecule has 0 radical (unpaired) electrons. The number of fused-ring (bicyclic) bond motifs is 7. The van der Waals surface area contributed by atoms with Crippen LogP contribution in [0.4, 0.5) is 0 Å². The highest BCUT2D eigenvalue weighted by Crippen LogP contribution is 2.78. The number of hydrogen-bond donors (Lipinski definition) is 1. The van der Waals surface area contributed by atoms with Crippen molar-refractivity contribution in [2.45, 2.75) is 124 Å². The lowest BCUT2D eigenvalue weighted by Crippen LogP contribution is -2.67. The minimum atomic E-state index is -0.646. The van der Waals surface area contributed by atoms with Crippen molar-refractivity contribution in [3.05, 3.63) is 32.1 Å². The quantitative estimate of drug-likeness (QED) is 0.416. The van der Waals surface area contributed by atoms with E-state index in [9.17, 15) is 19.5 Å². The molecule has 1 N–H and O–H groups in total. The van der Waals surface area contributed by atoms with Crippen LogP contribution in [0.15, 0.2) is 20.7 Å². The molecule has 220 valence electrons. The molecule has 0 spiro atoms. The van der Waals surface area contributed by atoms with E-state index < -0.39 is 11.0 Å². The van der Waals surface area contributed by atoms with Gasteiger partial charge in [-0.3, -0.25) is 0 Å². The van der Waals surface area contributed by atoms with Gasteiger partial charge in [0.25, 0.3) is 0 Å². The fourth-order valence-electron chi connectivity index (χ4n) is 12.6. The summed E-state index contributed by atoms with van der Waals surface area (Å²) in [5.74, 6) is 0.819. The normalized spacial score (nSPS) is 48.4. The Labute approximate surface area is 238 Å². The zero-order valence-electron chi connectivity index (χ0n) is 25.8. The monoisotopic (exact) mass is 551 g/mol. The van der Waals surface area contributed by atoms with Crippen LogP contribution in [0, 0.1) is 44.8 Å². The summed E-state index contributed by atoms with van der Waals surface area (Å²) in [7, 11) is 1.62. The maximum atomic E-state index is 14.0. The van der Waals surface area contributed by atoms with Gasteiger partial charge in [0.2, 0.25) is 0 Å². The van der Waals surface area contributed by atoms with Gasteiger partial charge in [-0.2, -0.15) is 0 Å². The van der Waals surface area contributed by atoms with Gasteiger partial charge in [0.05, 0.1) is 17.7 Å². The Morgan fingerprint density at radius 1 is 0.900 bits per heavy atom. The van der Waals surface area contributed by atoms with Crippen LogP contribution < -0.4 is 11.4 Å². The van der Waals surface area contributed by atoms with Crippen molar-refractivity contribution in [2.75, 3.05) is 0 Å². The number of aromatic nitrogens is 3. The van der Waals surface area contributed by atoms with E-state index in [1.807, 2.05) is 9.36 Å². The molecular weight excluding hydrogens is 502 g/mol. The van der Waals surface area contributed by atoms with Crippen molar-refractivity contribution in [3.63, 3.8) is 0 Å². The van der Waals surface area contributed by atoms with E-state index in [1.165, 1.54) is 22.0 Å². The smallest absolute Gasteiger partial charge is 0.347 e. The highest BCUT2D eigenvalue weighted by atomic mass is 16.3. The fraction of sp³-hybridized carbons (Fsp3) is 0.848. The molecule has 7 heteroatoms. The predicted molar refractivity (Wildman–Crippen MR) is 154 cm³/mol. The Morgan fingerprint density at radius 3 is 2.23 bits per heavy atom. The number of carbonyl (C=O) groups excluding carboxylic acids is 1. The largest absolute Gasteiger partial charge is 0.393 e. The van der Waals surface area contributed by atoms with Gasteiger partial charge in [-0.15, -0.1) is 0 Å². The summed E-state index contributed by atoms with van der Waals surface area (Å²) < 4.78 is 5.00. The first-order chi connectivity index (χ1) is 18.6. The fourth-order valence-corrected chi connectivity index (χ4v) is 12.6. The third kappa shape index (κ3) is 2.55. The van der Waals surface area contributed by atoms with Gasteiger partial charge in [-0.1, -0.05) is 48.5 Å². The highest BCUT2D eigenvalue weighted by Gasteiger charge is 2.73. The number of aliphatic hydroxyl groups excluding tert-OH is 1. The molecule has 0 saturated heterocycles. The zero-order chi connectivity index (χ0) is 29.0. The van der Waals surface area contributed by atoms with Crippen LogP contribution in [0.1, 0.15) is 112 Å². The second-order valence-electron chi connectivity index (χ2n) is 16.4. The number of hydrogen-bond acceptors (Lipinski definition) is 4. The molecule has 1 aromatic heterocycles. The number of rotatable bonds is 2. The van der Waals surface area contributed by atoms with Crippen molar-refractivity contribution in [2.24, 2.45) is 51.9 Å². The Hall–Kier alpha value is -1.89. The summed E-state index contributed by atoms with van der Waals surface area (Å²) >= 11 is 0. The molecule has 40 heavy (non-hydrogen) atoms. The topological polar surface area (TPSA) is 86.2 Å². The molecule has 0 bridgehead atoms. The Bertz CT molecular complexity index is 1480. The van der Waals surface area contributed by atoms with Gasteiger partial charge in [-0.25, -0.2) is 23.5 Å². The first kappa shape index (κ1) is 27.0. The van der Waals surface area contributed by atoms with Crippen LogP contribution >= 0.6 is 0 Å². The van der Waals surface area contributed by atoms with E-state index >= 15 is 0 Å². The van der Waals surface area contributed by atoms with E-state index in [4.69, 9.17) is 0 Å². The standard InChI is InChI=1S/C33H49N3O4/c1-19(2)33-16-15-32(18-37)14-13-31(7)24(25(32)33)20(35-26(39)34(8)27(40)36(33)35)17-22-29(5)11-10-23(38)28(3,4)21(29)9-12-30(22,31)6/h18-23,38H,9-17H2,1-8H3/t20?,21-,22+,23-,29-,30+,31+,32-,33-/m0/s1. The molecule has 7 nitrogen and oxygen atoms in total. The lowest BCUT2D eigenvalue weighted by molar-refractivity contribution is -0.211.